The second-order valence-electron chi connectivity index (χ2n) is 3.96. The summed E-state index contributed by atoms with van der Waals surface area (Å²) in [7, 11) is 0. The van der Waals surface area contributed by atoms with Gasteiger partial charge in [-0.25, -0.2) is 0 Å². The predicted octanol–water partition coefficient (Wildman–Crippen LogP) is -1.33. The molecule has 0 radical (unpaired) electrons. The summed E-state index contributed by atoms with van der Waals surface area (Å²) in [5, 5.41) is 2.10. The van der Waals surface area contributed by atoms with Gasteiger partial charge in [0.25, 0.3) is 0 Å². The first-order chi connectivity index (χ1) is 7.56. The highest BCUT2D eigenvalue weighted by Gasteiger charge is 2.38. The molecule has 6 heteroatoms. The average molecular weight is 227 g/mol. The lowest BCUT2D eigenvalue weighted by molar-refractivity contribution is -0.132. The van der Waals surface area contributed by atoms with Crippen LogP contribution in [0.3, 0.4) is 0 Å². The highest BCUT2D eigenvalue weighted by atomic mass is 16.2. The number of imide groups is 1. The lowest BCUT2D eigenvalue weighted by Gasteiger charge is -2.12. The second-order valence-corrected chi connectivity index (χ2v) is 3.96. The Morgan fingerprint density at radius 2 is 2.12 bits per heavy atom. The van der Waals surface area contributed by atoms with Crippen LogP contribution in [0.1, 0.15) is 25.7 Å². The molecule has 6 nitrogen and oxygen atoms in total. The standard InChI is InChI=1S/C10H17N3O3/c11-4-2-1-3-7(12)9(15)6-5-8(14)13-10(6)16/h6-7H,1-5,11-12H2,(H,13,14,16)/t6?,7-/m0/s1. The van der Waals surface area contributed by atoms with Gasteiger partial charge in [0.2, 0.25) is 11.8 Å². The number of nitrogens with two attached hydrogens (primary N) is 2. The fourth-order valence-corrected chi connectivity index (χ4v) is 1.69. The Morgan fingerprint density at radius 3 is 2.62 bits per heavy atom. The molecule has 0 aromatic rings. The molecule has 0 aliphatic carbocycles. The van der Waals surface area contributed by atoms with Crippen LogP contribution in [-0.4, -0.2) is 30.2 Å². The van der Waals surface area contributed by atoms with E-state index >= 15 is 0 Å². The van der Waals surface area contributed by atoms with Gasteiger partial charge in [0.15, 0.2) is 5.78 Å². The zero-order valence-electron chi connectivity index (χ0n) is 9.07. The van der Waals surface area contributed by atoms with Crippen molar-refractivity contribution < 1.29 is 14.4 Å². The maximum Gasteiger partial charge on any atom is 0.237 e. The number of rotatable bonds is 6. The van der Waals surface area contributed by atoms with E-state index in [2.05, 4.69) is 5.32 Å². The van der Waals surface area contributed by atoms with E-state index in [1.165, 1.54) is 0 Å². The number of carbonyl (C=O) groups excluding carboxylic acids is 3. The van der Waals surface area contributed by atoms with Gasteiger partial charge in [-0.3, -0.25) is 19.7 Å². The van der Waals surface area contributed by atoms with E-state index in [-0.39, 0.29) is 12.2 Å². The number of ketones is 1. The van der Waals surface area contributed by atoms with Gasteiger partial charge < -0.3 is 11.5 Å². The lowest BCUT2D eigenvalue weighted by Crippen LogP contribution is -2.38. The summed E-state index contributed by atoms with van der Waals surface area (Å²) >= 11 is 0. The monoisotopic (exact) mass is 227 g/mol. The summed E-state index contributed by atoms with van der Waals surface area (Å²) in [6.45, 7) is 0.559. The molecule has 16 heavy (non-hydrogen) atoms. The van der Waals surface area contributed by atoms with Gasteiger partial charge >= 0.3 is 0 Å². The number of carbonyl (C=O) groups is 3. The Labute approximate surface area is 93.7 Å². The molecule has 1 fully saturated rings. The van der Waals surface area contributed by atoms with Gasteiger partial charge in [-0.15, -0.1) is 0 Å². The summed E-state index contributed by atoms with van der Waals surface area (Å²) in [5.41, 5.74) is 11.0. The topological polar surface area (TPSA) is 115 Å². The van der Waals surface area contributed by atoms with Crippen LogP contribution >= 0.6 is 0 Å². The van der Waals surface area contributed by atoms with Crippen molar-refractivity contribution in [3.8, 4) is 0 Å². The van der Waals surface area contributed by atoms with Crippen molar-refractivity contribution in [1.82, 2.24) is 5.32 Å². The molecule has 2 atom stereocenters. The molecular formula is C10H17N3O3. The van der Waals surface area contributed by atoms with Crippen LogP contribution < -0.4 is 16.8 Å². The van der Waals surface area contributed by atoms with E-state index in [0.717, 1.165) is 12.8 Å². The van der Waals surface area contributed by atoms with E-state index in [4.69, 9.17) is 11.5 Å². The van der Waals surface area contributed by atoms with Crippen molar-refractivity contribution in [1.29, 1.82) is 0 Å². The van der Waals surface area contributed by atoms with Crippen LogP contribution in [-0.2, 0) is 14.4 Å². The Bertz CT molecular complexity index is 304. The molecule has 1 aliphatic rings. The smallest absolute Gasteiger partial charge is 0.237 e. The summed E-state index contributed by atoms with van der Waals surface area (Å²) in [6, 6.07) is -0.673. The summed E-state index contributed by atoms with van der Waals surface area (Å²) in [4.78, 5) is 33.9. The first kappa shape index (κ1) is 12.8. The molecule has 1 heterocycles. The summed E-state index contributed by atoms with van der Waals surface area (Å²) in [6.07, 6.45) is 2.00. The minimum atomic E-state index is -0.889. The van der Waals surface area contributed by atoms with Gasteiger partial charge in [-0.05, 0) is 19.4 Å². The number of Topliss-reactive ketones (excluding diaryl/α,β-unsaturated/α-hetero) is 1. The summed E-state index contributed by atoms with van der Waals surface area (Å²) < 4.78 is 0. The minimum absolute atomic E-state index is 0.0672. The van der Waals surface area contributed by atoms with Crippen LogP contribution in [0, 0.1) is 5.92 Å². The highest BCUT2D eigenvalue weighted by Crippen LogP contribution is 2.15. The van der Waals surface area contributed by atoms with E-state index in [0.29, 0.717) is 13.0 Å². The van der Waals surface area contributed by atoms with Crippen molar-refractivity contribution in [2.75, 3.05) is 6.54 Å². The number of nitrogens with one attached hydrogen (secondary N) is 1. The first-order valence-corrected chi connectivity index (χ1v) is 5.39. The van der Waals surface area contributed by atoms with Gasteiger partial charge in [0, 0.05) is 6.42 Å². The number of hydrogen-bond donors (Lipinski definition) is 3. The van der Waals surface area contributed by atoms with Crippen LogP contribution in [0.5, 0.6) is 0 Å². The van der Waals surface area contributed by atoms with Crippen molar-refractivity contribution in [3.05, 3.63) is 0 Å². The molecule has 0 spiro atoms. The molecule has 1 rings (SSSR count). The van der Waals surface area contributed by atoms with Crippen LogP contribution in [0.15, 0.2) is 0 Å². The molecule has 0 saturated carbocycles. The molecule has 0 aromatic heterocycles. The molecule has 1 saturated heterocycles. The van der Waals surface area contributed by atoms with Crippen molar-refractivity contribution in [3.63, 3.8) is 0 Å². The highest BCUT2D eigenvalue weighted by molar-refractivity contribution is 6.15. The van der Waals surface area contributed by atoms with Gasteiger partial charge in [0.1, 0.15) is 5.92 Å². The Hall–Kier alpha value is -1.27. The predicted molar refractivity (Wildman–Crippen MR) is 57.1 cm³/mol. The van der Waals surface area contributed by atoms with E-state index in [1.54, 1.807) is 0 Å². The number of hydrogen-bond acceptors (Lipinski definition) is 5. The maximum atomic E-state index is 11.7. The molecule has 1 unspecified atom stereocenters. The Morgan fingerprint density at radius 1 is 1.44 bits per heavy atom. The van der Waals surface area contributed by atoms with Crippen molar-refractivity contribution in [2.45, 2.75) is 31.7 Å². The van der Waals surface area contributed by atoms with E-state index < -0.39 is 23.8 Å². The average Bonchev–Trinajstić information content (AvgIpc) is 2.57. The van der Waals surface area contributed by atoms with E-state index in [1.807, 2.05) is 0 Å². The number of amides is 2. The zero-order chi connectivity index (χ0) is 12.1. The lowest BCUT2D eigenvalue weighted by atomic mass is 9.94. The number of unbranched alkanes of at least 4 members (excludes halogenated alkanes) is 1. The van der Waals surface area contributed by atoms with Crippen LogP contribution in [0.25, 0.3) is 0 Å². The fourth-order valence-electron chi connectivity index (χ4n) is 1.69. The molecule has 1 aliphatic heterocycles. The molecule has 90 valence electrons. The fraction of sp³-hybridized carbons (Fsp3) is 0.700. The Kier molecular flexibility index (Phi) is 4.57. The van der Waals surface area contributed by atoms with Crippen LogP contribution in [0.4, 0.5) is 0 Å². The zero-order valence-corrected chi connectivity index (χ0v) is 9.07. The SMILES string of the molecule is NCCCC[C@H](N)C(=O)C1CC(=O)NC1=O. The van der Waals surface area contributed by atoms with E-state index in [9.17, 15) is 14.4 Å². The summed E-state index contributed by atoms with van der Waals surface area (Å²) in [5.74, 6) is -2.16. The third kappa shape index (κ3) is 3.11. The molecule has 0 aromatic carbocycles. The van der Waals surface area contributed by atoms with Crippen LogP contribution in [0.2, 0.25) is 0 Å². The molecule has 2 amide bonds. The van der Waals surface area contributed by atoms with Gasteiger partial charge in [-0.2, -0.15) is 0 Å². The largest absolute Gasteiger partial charge is 0.330 e. The third-order valence-electron chi connectivity index (χ3n) is 2.65. The Balaban J connectivity index is 2.44. The van der Waals surface area contributed by atoms with Gasteiger partial charge in [-0.1, -0.05) is 6.42 Å². The molecule has 5 N–H and O–H groups in total. The van der Waals surface area contributed by atoms with Crippen molar-refractivity contribution >= 4 is 17.6 Å². The minimum Gasteiger partial charge on any atom is -0.330 e. The van der Waals surface area contributed by atoms with Gasteiger partial charge in [0.05, 0.1) is 6.04 Å². The molecule has 0 bridgehead atoms. The quantitative estimate of drug-likeness (QED) is 0.295. The normalized spacial score (nSPS) is 22.0. The third-order valence-corrected chi connectivity index (χ3v) is 2.65. The maximum absolute atomic E-state index is 11.7. The van der Waals surface area contributed by atoms with Crippen molar-refractivity contribution in [2.24, 2.45) is 17.4 Å². The second kappa shape index (κ2) is 5.72. The molecular weight excluding hydrogens is 210 g/mol. The first-order valence-electron chi connectivity index (χ1n) is 5.39.